The molecule has 1 heterocycles. The summed E-state index contributed by atoms with van der Waals surface area (Å²) in [6, 6.07) is 13.5. The van der Waals surface area contributed by atoms with Crippen LogP contribution in [0.4, 0.5) is 5.69 Å². The predicted molar refractivity (Wildman–Crippen MR) is 155 cm³/mol. The zero-order valence-electron chi connectivity index (χ0n) is 21.9. The van der Waals surface area contributed by atoms with Crippen molar-refractivity contribution >= 4 is 56.5 Å². The maximum Gasteiger partial charge on any atom is 0.344 e. The Hall–Kier alpha value is -2.78. The van der Waals surface area contributed by atoms with E-state index in [0.717, 1.165) is 30.5 Å². The van der Waals surface area contributed by atoms with E-state index in [0.29, 0.717) is 38.6 Å². The third-order valence-electron chi connectivity index (χ3n) is 6.48. The van der Waals surface area contributed by atoms with E-state index in [1.54, 1.807) is 6.92 Å². The lowest BCUT2D eigenvalue weighted by Crippen LogP contribution is -2.44. The molecule has 2 atom stereocenters. The van der Waals surface area contributed by atoms with Gasteiger partial charge in [0.25, 0.3) is 5.91 Å². The van der Waals surface area contributed by atoms with Crippen molar-refractivity contribution in [2.45, 2.75) is 52.5 Å². The fourth-order valence-electron chi connectivity index (χ4n) is 4.71. The fraction of sp³-hybridized carbons (Fsp3) is 0.414. The lowest BCUT2D eigenvalue weighted by molar-refractivity contribution is -0.145. The number of thioether (sulfide) groups is 1. The van der Waals surface area contributed by atoms with Gasteiger partial charge in [0.15, 0.2) is 23.3 Å². The molecular formula is C29H33BrN2O5S. The zero-order valence-corrected chi connectivity index (χ0v) is 24.3. The second-order valence-corrected chi connectivity index (χ2v) is 11.1. The second kappa shape index (κ2) is 13.3. The fourth-order valence-corrected chi connectivity index (χ4v) is 6.33. The van der Waals surface area contributed by atoms with Crippen molar-refractivity contribution < 1.29 is 23.8 Å². The summed E-state index contributed by atoms with van der Waals surface area (Å²) in [6.07, 6.45) is 6.25. The Balaban J connectivity index is 1.67. The van der Waals surface area contributed by atoms with Gasteiger partial charge in [0.1, 0.15) is 0 Å². The summed E-state index contributed by atoms with van der Waals surface area (Å²) in [5.74, 6) is 0.812. The van der Waals surface area contributed by atoms with Crippen LogP contribution in [0.15, 0.2) is 56.8 Å². The number of halogens is 1. The van der Waals surface area contributed by atoms with Gasteiger partial charge < -0.3 is 14.2 Å². The molecule has 2 aliphatic rings. The Morgan fingerprint density at radius 2 is 1.89 bits per heavy atom. The van der Waals surface area contributed by atoms with Crippen LogP contribution in [0.3, 0.4) is 0 Å². The second-order valence-electron chi connectivity index (χ2n) is 9.20. The minimum atomic E-state index is -0.455. The largest absolute Gasteiger partial charge is 0.490 e. The summed E-state index contributed by atoms with van der Waals surface area (Å²) in [5, 5.41) is 0.713. The number of hydrogen-bond acceptors (Lipinski definition) is 7. The minimum Gasteiger partial charge on any atom is -0.490 e. The highest BCUT2D eigenvalue weighted by atomic mass is 79.9. The first-order valence-corrected chi connectivity index (χ1v) is 14.6. The quantitative estimate of drug-likeness (QED) is 0.228. The molecule has 1 aliphatic carbocycles. The monoisotopic (exact) mass is 600 g/mol. The number of rotatable bonds is 9. The first-order valence-electron chi connectivity index (χ1n) is 13.0. The highest BCUT2D eigenvalue weighted by Gasteiger charge is 2.41. The molecule has 0 radical (unpaired) electrons. The van der Waals surface area contributed by atoms with Crippen molar-refractivity contribution in [2.75, 3.05) is 19.8 Å². The molecule has 1 aliphatic heterocycles. The summed E-state index contributed by atoms with van der Waals surface area (Å²) >= 11 is 4.95. The summed E-state index contributed by atoms with van der Waals surface area (Å²) in [6.45, 7) is 6.32. The first-order chi connectivity index (χ1) is 18.4. The smallest absolute Gasteiger partial charge is 0.344 e. The van der Waals surface area contributed by atoms with E-state index >= 15 is 0 Å². The zero-order chi connectivity index (χ0) is 27.1. The number of carbonyl (C=O) groups excluding carboxylic acids is 2. The van der Waals surface area contributed by atoms with Crippen LogP contribution >= 0.6 is 27.7 Å². The molecule has 1 saturated carbocycles. The van der Waals surface area contributed by atoms with Gasteiger partial charge in [-0.3, -0.25) is 9.69 Å². The highest BCUT2D eigenvalue weighted by Crippen LogP contribution is 2.42. The Labute approximate surface area is 236 Å². The number of esters is 1. The van der Waals surface area contributed by atoms with Gasteiger partial charge in [-0.1, -0.05) is 38.0 Å². The van der Waals surface area contributed by atoms with Crippen LogP contribution in [0, 0.1) is 5.92 Å². The Kier molecular flexibility index (Phi) is 9.91. The lowest BCUT2D eigenvalue weighted by atomic mass is 9.85. The molecule has 1 amide bonds. The Bertz CT molecular complexity index is 1220. The molecule has 0 spiro atoms. The molecule has 202 valence electrons. The topological polar surface area (TPSA) is 77.4 Å². The molecule has 2 aromatic rings. The van der Waals surface area contributed by atoms with E-state index in [1.807, 2.05) is 60.4 Å². The van der Waals surface area contributed by atoms with Gasteiger partial charge in [-0.25, -0.2) is 9.79 Å². The van der Waals surface area contributed by atoms with Crippen LogP contribution in [0.25, 0.3) is 6.08 Å². The third kappa shape index (κ3) is 6.80. The molecule has 0 N–H and O–H groups in total. The number of amidine groups is 1. The van der Waals surface area contributed by atoms with E-state index in [4.69, 9.17) is 19.2 Å². The predicted octanol–water partition coefficient (Wildman–Crippen LogP) is 6.97. The highest BCUT2D eigenvalue weighted by molar-refractivity contribution is 9.10. The van der Waals surface area contributed by atoms with E-state index in [9.17, 15) is 9.59 Å². The summed E-state index contributed by atoms with van der Waals surface area (Å²) in [4.78, 5) is 33.0. The average Bonchev–Trinajstić information content (AvgIpc) is 3.18. The van der Waals surface area contributed by atoms with Crippen molar-refractivity contribution in [3.63, 3.8) is 0 Å². The van der Waals surface area contributed by atoms with Gasteiger partial charge in [0.05, 0.1) is 28.3 Å². The maximum absolute atomic E-state index is 13.8. The summed E-state index contributed by atoms with van der Waals surface area (Å²) < 4.78 is 17.1. The van der Waals surface area contributed by atoms with Crippen LogP contribution in [0.1, 0.15) is 52.0 Å². The van der Waals surface area contributed by atoms with Gasteiger partial charge in [0, 0.05) is 6.04 Å². The molecule has 4 rings (SSSR count). The first kappa shape index (κ1) is 28.2. The summed E-state index contributed by atoms with van der Waals surface area (Å²) in [7, 11) is 0. The van der Waals surface area contributed by atoms with Crippen molar-refractivity contribution in [1.29, 1.82) is 0 Å². The molecule has 1 saturated heterocycles. The number of ether oxygens (including phenoxy) is 3. The number of aliphatic imine (C=N–C) groups is 1. The molecule has 38 heavy (non-hydrogen) atoms. The Morgan fingerprint density at radius 1 is 1.13 bits per heavy atom. The SMILES string of the molecule is CCOC(=O)COc1c(Br)cc(/C=C2\SC(=Nc3ccccc3)N([C@H]3CCCC[C@@H]3C)C2=O)cc1OCC. The van der Waals surface area contributed by atoms with Crippen LogP contribution in [0.2, 0.25) is 0 Å². The number of hydrogen-bond donors (Lipinski definition) is 0. The summed E-state index contributed by atoms with van der Waals surface area (Å²) in [5.41, 5.74) is 1.60. The van der Waals surface area contributed by atoms with Gasteiger partial charge in [-0.05, 0) is 96.2 Å². The van der Waals surface area contributed by atoms with E-state index in [-0.39, 0.29) is 25.2 Å². The van der Waals surface area contributed by atoms with Crippen LogP contribution in [-0.2, 0) is 14.3 Å². The molecule has 0 unspecified atom stereocenters. The molecule has 2 fully saturated rings. The maximum atomic E-state index is 13.8. The molecule has 0 aromatic heterocycles. The molecule has 0 bridgehead atoms. The van der Waals surface area contributed by atoms with E-state index < -0.39 is 5.97 Å². The van der Waals surface area contributed by atoms with Crippen molar-refractivity contribution in [1.82, 2.24) is 4.90 Å². The lowest BCUT2D eigenvalue weighted by Gasteiger charge is -2.35. The normalized spacial score (nSPS) is 21.7. The number of amides is 1. The van der Waals surface area contributed by atoms with Gasteiger partial charge in [-0.15, -0.1) is 0 Å². The van der Waals surface area contributed by atoms with Crippen molar-refractivity contribution in [3.8, 4) is 11.5 Å². The Morgan fingerprint density at radius 3 is 2.61 bits per heavy atom. The molecule has 2 aromatic carbocycles. The van der Waals surface area contributed by atoms with Crippen LogP contribution < -0.4 is 9.47 Å². The number of benzene rings is 2. The van der Waals surface area contributed by atoms with Gasteiger partial charge in [-0.2, -0.15) is 0 Å². The van der Waals surface area contributed by atoms with Gasteiger partial charge in [0.2, 0.25) is 0 Å². The van der Waals surface area contributed by atoms with Gasteiger partial charge >= 0.3 is 5.97 Å². The molecule has 9 heteroatoms. The third-order valence-corrected chi connectivity index (χ3v) is 8.06. The molecule has 7 nitrogen and oxygen atoms in total. The van der Waals surface area contributed by atoms with E-state index in [1.165, 1.54) is 18.2 Å². The minimum absolute atomic E-state index is 0.0276. The van der Waals surface area contributed by atoms with Crippen molar-refractivity contribution in [2.24, 2.45) is 10.9 Å². The number of para-hydroxylation sites is 1. The van der Waals surface area contributed by atoms with Crippen LogP contribution in [-0.4, -0.2) is 47.8 Å². The number of carbonyl (C=O) groups is 2. The number of nitrogens with zero attached hydrogens (tertiary/aromatic N) is 2. The van der Waals surface area contributed by atoms with Crippen LogP contribution in [0.5, 0.6) is 11.5 Å². The molecular weight excluding hydrogens is 568 g/mol. The van der Waals surface area contributed by atoms with E-state index in [2.05, 4.69) is 22.9 Å². The average molecular weight is 602 g/mol. The standard InChI is InChI=1S/C29H33BrN2O5S/c1-4-35-24-16-20(15-22(30)27(24)37-18-26(33)36-5-2)17-25-28(34)32(23-14-10-9-11-19(23)3)29(38-25)31-21-12-7-6-8-13-21/h6-8,12-13,15-17,19,23H,4-5,9-11,14,18H2,1-3H3/b25-17-,31-29?/t19-,23-/m0/s1. The van der Waals surface area contributed by atoms with Crippen molar-refractivity contribution in [3.05, 3.63) is 57.4 Å².